The van der Waals surface area contributed by atoms with Gasteiger partial charge in [-0.2, -0.15) is 0 Å². The van der Waals surface area contributed by atoms with E-state index in [1.54, 1.807) is 48.1 Å². The van der Waals surface area contributed by atoms with Gasteiger partial charge in [-0.15, -0.1) is 0 Å². The average Bonchev–Trinajstić information content (AvgIpc) is 2.98. The van der Waals surface area contributed by atoms with Crippen molar-refractivity contribution in [3.8, 4) is 22.3 Å². The van der Waals surface area contributed by atoms with E-state index in [4.69, 9.17) is 0 Å². The van der Waals surface area contributed by atoms with Crippen LogP contribution in [0.25, 0.3) is 22.3 Å². The normalized spacial score (nSPS) is 17.4. The standard InChI is InChI=1S/C46H70Si.Sn/c1-28(2)39-24-41(30(5)6)45(42(25-39)31(7)8)37-19-18-20-38(23-37)46-43(32(9)10)26-40(29(3)4)27-44(46)36(17)21-22-47(33(11)12,34(13)14)35(15)16;/h18-20,22,24-36H,21H2,1-17H3;/t36-;/m0./s1. The first-order valence-electron chi connectivity index (χ1n) is 19.6. The topological polar surface area (TPSA) is 0 Å². The quantitative estimate of drug-likeness (QED) is 0.180. The molecule has 3 aromatic carbocycles. The van der Waals surface area contributed by atoms with Gasteiger partial charge in [-0.1, -0.05) is 0 Å². The molecule has 1 heterocycles. The minimum absolute atomic E-state index is 0.476. The summed E-state index contributed by atoms with van der Waals surface area (Å²) >= 11 is -1.09. The number of rotatable bonds is 10. The van der Waals surface area contributed by atoms with Crippen LogP contribution in [0.3, 0.4) is 0 Å². The van der Waals surface area contributed by atoms with Crippen molar-refractivity contribution in [2.75, 3.05) is 0 Å². The number of fused-ring (bicyclic) bond motifs is 3. The van der Waals surface area contributed by atoms with Crippen LogP contribution in [-0.2, 0) is 0 Å². The zero-order valence-electron chi connectivity index (χ0n) is 34.0. The van der Waals surface area contributed by atoms with E-state index < -0.39 is 29.2 Å². The van der Waals surface area contributed by atoms with Crippen LogP contribution in [0.1, 0.15) is 193 Å². The second kappa shape index (κ2) is 15.5. The van der Waals surface area contributed by atoms with E-state index in [0.717, 1.165) is 20.2 Å². The van der Waals surface area contributed by atoms with Gasteiger partial charge in [0.1, 0.15) is 0 Å². The first-order chi connectivity index (χ1) is 22.4. The number of hydrogen-bond acceptors (Lipinski definition) is 0. The summed E-state index contributed by atoms with van der Waals surface area (Å²) < 4.78 is 2.69. The summed E-state index contributed by atoms with van der Waals surface area (Å²) in [5.41, 5.74) is 18.0. The molecule has 0 aliphatic carbocycles. The Morgan fingerprint density at radius 3 is 1.33 bits per heavy atom. The van der Waals surface area contributed by atoms with E-state index in [-0.39, 0.29) is 0 Å². The predicted octanol–water partition coefficient (Wildman–Crippen LogP) is 14.5. The number of hydrogen-bond donors (Lipinski definition) is 0. The Labute approximate surface area is 308 Å². The van der Waals surface area contributed by atoms with Crippen LogP contribution in [0, 0.1) is 0 Å². The first kappa shape index (κ1) is 39.5. The fourth-order valence-electron chi connectivity index (χ4n) is 9.84. The molecule has 4 rings (SSSR count). The van der Waals surface area contributed by atoms with Crippen LogP contribution in [0.5, 0.6) is 0 Å². The molecule has 0 saturated heterocycles. The molecular formula is C46H70SiSn. The Morgan fingerprint density at radius 2 is 0.938 bits per heavy atom. The predicted molar refractivity (Wildman–Crippen MR) is 221 cm³/mol. The van der Waals surface area contributed by atoms with Crippen molar-refractivity contribution < 1.29 is 0 Å². The molecule has 1 aliphatic heterocycles. The third-order valence-corrected chi connectivity index (χ3v) is 29.0. The molecule has 0 unspecified atom stereocenters. The third-order valence-electron chi connectivity index (χ3n) is 12.3. The molecule has 0 N–H and O–H groups in total. The molecule has 0 bridgehead atoms. The molecule has 0 spiro atoms. The zero-order chi connectivity index (χ0) is 36.0. The molecule has 0 nitrogen and oxygen atoms in total. The van der Waals surface area contributed by atoms with Crippen molar-refractivity contribution in [1.29, 1.82) is 0 Å². The SMILES string of the molecule is CC(C)c1cc(C(C)C)c(-c2cccc3[c]2[Sn][C@H]([Si](C(C)C)(C(C)C)C(C)C)C[C@H](C)c2cc(C(C)C)cc(C(C)C)c2-3)c(C(C)C)c1. The van der Waals surface area contributed by atoms with Crippen LogP contribution in [0.4, 0.5) is 0 Å². The summed E-state index contributed by atoms with van der Waals surface area (Å²) in [5.74, 6) is 3.07. The van der Waals surface area contributed by atoms with Gasteiger partial charge >= 0.3 is 311 Å². The summed E-state index contributed by atoms with van der Waals surface area (Å²) in [6.07, 6.45) is 1.37. The monoisotopic (exact) mass is 770 g/mol. The maximum absolute atomic E-state index is 2.65. The van der Waals surface area contributed by atoms with Crippen LogP contribution >= 0.6 is 0 Å². The molecule has 0 amide bonds. The fraction of sp³-hybridized carbons (Fsp3) is 0.609. The van der Waals surface area contributed by atoms with Gasteiger partial charge in [0.05, 0.1) is 0 Å². The van der Waals surface area contributed by atoms with Gasteiger partial charge in [0.2, 0.25) is 0 Å². The Morgan fingerprint density at radius 1 is 0.542 bits per heavy atom. The Kier molecular flexibility index (Phi) is 12.7. The van der Waals surface area contributed by atoms with Crippen LogP contribution in [-0.4, -0.2) is 29.2 Å². The van der Waals surface area contributed by atoms with E-state index in [1.165, 1.54) is 17.5 Å². The van der Waals surface area contributed by atoms with E-state index in [1.807, 2.05) is 0 Å². The van der Waals surface area contributed by atoms with Crippen molar-refractivity contribution in [2.24, 2.45) is 0 Å². The van der Waals surface area contributed by atoms with E-state index in [0.29, 0.717) is 35.5 Å². The van der Waals surface area contributed by atoms with Crippen molar-refractivity contribution in [1.82, 2.24) is 0 Å². The van der Waals surface area contributed by atoms with Gasteiger partial charge in [0.25, 0.3) is 0 Å². The Bertz CT molecular complexity index is 1520. The summed E-state index contributed by atoms with van der Waals surface area (Å²) in [6, 6.07) is 18.0. The molecule has 2 atom stereocenters. The van der Waals surface area contributed by atoms with Crippen molar-refractivity contribution >= 4 is 32.8 Å². The third kappa shape index (κ3) is 7.22. The molecular weight excluding hydrogens is 699 g/mol. The van der Waals surface area contributed by atoms with Crippen molar-refractivity contribution in [3.05, 3.63) is 75.8 Å². The molecule has 262 valence electrons. The fourth-order valence-corrected chi connectivity index (χ4v) is 33.4. The van der Waals surface area contributed by atoms with Gasteiger partial charge in [-0.3, -0.25) is 0 Å². The molecule has 0 aromatic heterocycles. The van der Waals surface area contributed by atoms with Crippen LogP contribution in [0.2, 0.25) is 20.2 Å². The molecule has 1 aliphatic rings. The van der Waals surface area contributed by atoms with E-state index in [9.17, 15) is 0 Å². The average molecular weight is 770 g/mol. The maximum atomic E-state index is 2.65. The second-order valence-corrected chi connectivity index (χ2v) is 30.0. The summed E-state index contributed by atoms with van der Waals surface area (Å²) in [4.78, 5) is 0. The molecule has 2 heteroatoms. The first-order valence-corrected chi connectivity index (χ1v) is 25.0. The van der Waals surface area contributed by atoms with Crippen molar-refractivity contribution in [2.45, 2.75) is 180 Å². The van der Waals surface area contributed by atoms with E-state index >= 15 is 0 Å². The van der Waals surface area contributed by atoms with Gasteiger partial charge in [0, 0.05) is 0 Å². The van der Waals surface area contributed by atoms with Gasteiger partial charge < -0.3 is 0 Å². The Hall–Kier alpha value is -1.32. The molecule has 0 fully saturated rings. The van der Waals surface area contributed by atoms with E-state index in [2.05, 4.69) is 160 Å². The zero-order valence-corrected chi connectivity index (χ0v) is 37.9. The van der Waals surface area contributed by atoms with Gasteiger partial charge in [0.15, 0.2) is 0 Å². The summed E-state index contributed by atoms with van der Waals surface area (Å²) in [5, 5.41) is 0. The molecule has 48 heavy (non-hydrogen) atoms. The molecule has 0 saturated carbocycles. The minimum atomic E-state index is -1.73. The summed E-state index contributed by atoms with van der Waals surface area (Å²) in [6.45, 7) is 42.4. The number of benzene rings is 3. The van der Waals surface area contributed by atoms with Gasteiger partial charge in [-0.25, -0.2) is 0 Å². The molecule has 2 radical (unpaired) electrons. The Balaban J connectivity index is 2.25. The summed E-state index contributed by atoms with van der Waals surface area (Å²) in [7, 11) is -1.73. The van der Waals surface area contributed by atoms with Crippen molar-refractivity contribution in [3.63, 3.8) is 0 Å². The van der Waals surface area contributed by atoms with Crippen LogP contribution < -0.4 is 3.58 Å². The molecule has 3 aromatic rings. The second-order valence-electron chi connectivity index (χ2n) is 17.9. The van der Waals surface area contributed by atoms with Gasteiger partial charge in [-0.05, 0) is 0 Å². The van der Waals surface area contributed by atoms with Crippen LogP contribution in [0.15, 0.2) is 42.5 Å².